The van der Waals surface area contributed by atoms with Gasteiger partial charge in [0.15, 0.2) is 11.5 Å². The standard InChI is InChI=1S/C25H26F3N5O3/c1-24(2,25(26,27)28)21-11-22(33-32-21)31-23(34)7-14-5-6-17(29-12-14)16-8-15-9-19(35-3)20(36-4)10-18(15)30-13-16/h5-6,8-13,21,32-33H,7H2,1-4H3,(H,31,34). The summed E-state index contributed by atoms with van der Waals surface area (Å²) in [6.07, 6.45) is 0.205. The highest BCUT2D eigenvalue weighted by Gasteiger charge is 2.52. The molecule has 0 aliphatic carbocycles. The van der Waals surface area contributed by atoms with E-state index in [1.807, 2.05) is 12.1 Å². The third-order valence-electron chi connectivity index (χ3n) is 6.15. The number of hydrogen-bond donors (Lipinski definition) is 3. The predicted molar refractivity (Wildman–Crippen MR) is 128 cm³/mol. The average Bonchev–Trinajstić information content (AvgIpc) is 3.31. The molecule has 1 unspecified atom stereocenters. The number of hydrazine groups is 1. The number of pyridine rings is 2. The van der Waals surface area contributed by atoms with Crippen molar-refractivity contribution in [2.75, 3.05) is 14.2 Å². The van der Waals surface area contributed by atoms with Crippen LogP contribution in [0.1, 0.15) is 19.4 Å². The summed E-state index contributed by atoms with van der Waals surface area (Å²) in [6.45, 7) is 2.19. The Bertz CT molecular complexity index is 1310. The van der Waals surface area contributed by atoms with Gasteiger partial charge in [-0.3, -0.25) is 14.8 Å². The lowest BCUT2D eigenvalue weighted by atomic mass is 9.84. The number of ether oxygens (including phenoxy) is 2. The van der Waals surface area contributed by atoms with Crippen molar-refractivity contribution in [1.29, 1.82) is 0 Å². The SMILES string of the molecule is COc1cc2cc(-c3ccc(CC(=O)NC4=CC(C(C)(C)C(F)(F)F)NN4)cn3)cnc2cc1OC. The van der Waals surface area contributed by atoms with Gasteiger partial charge in [-0.1, -0.05) is 6.07 Å². The minimum absolute atomic E-state index is 0.00654. The third-order valence-corrected chi connectivity index (χ3v) is 6.15. The normalized spacial score (nSPS) is 15.9. The fraction of sp³-hybridized carbons (Fsp3) is 0.320. The van der Waals surface area contributed by atoms with Gasteiger partial charge in [0.05, 0.1) is 43.3 Å². The Balaban J connectivity index is 1.43. The molecule has 0 fully saturated rings. The Morgan fingerprint density at radius 2 is 1.78 bits per heavy atom. The van der Waals surface area contributed by atoms with Crippen LogP contribution in [-0.2, 0) is 11.2 Å². The number of benzene rings is 1. The molecule has 0 saturated carbocycles. The Labute approximate surface area is 205 Å². The van der Waals surface area contributed by atoms with Crippen LogP contribution in [0, 0.1) is 5.41 Å². The Morgan fingerprint density at radius 1 is 1.06 bits per heavy atom. The molecule has 0 bridgehead atoms. The smallest absolute Gasteiger partial charge is 0.395 e. The number of amides is 1. The molecule has 1 aliphatic heterocycles. The van der Waals surface area contributed by atoms with Gasteiger partial charge in [0, 0.05) is 29.4 Å². The second-order valence-electron chi connectivity index (χ2n) is 8.95. The number of rotatable bonds is 7. The lowest BCUT2D eigenvalue weighted by Gasteiger charge is -2.32. The predicted octanol–water partition coefficient (Wildman–Crippen LogP) is 3.88. The topological polar surface area (TPSA) is 97.4 Å². The highest BCUT2D eigenvalue weighted by atomic mass is 19.4. The van der Waals surface area contributed by atoms with Crippen LogP contribution in [0.3, 0.4) is 0 Å². The van der Waals surface area contributed by atoms with Crippen LogP contribution in [0.5, 0.6) is 11.5 Å². The molecule has 11 heteroatoms. The summed E-state index contributed by atoms with van der Waals surface area (Å²) in [5, 5.41) is 3.44. The average molecular weight is 502 g/mol. The Hall–Kier alpha value is -3.86. The van der Waals surface area contributed by atoms with Crippen molar-refractivity contribution >= 4 is 16.8 Å². The van der Waals surface area contributed by atoms with Crippen molar-refractivity contribution in [2.24, 2.45) is 5.41 Å². The fourth-order valence-electron chi connectivity index (χ4n) is 3.72. The molecule has 36 heavy (non-hydrogen) atoms. The number of methoxy groups -OCH3 is 2. The molecular formula is C25H26F3N5O3. The molecule has 3 heterocycles. The van der Waals surface area contributed by atoms with Crippen molar-refractivity contribution in [1.82, 2.24) is 26.1 Å². The number of aromatic nitrogens is 2. The highest BCUT2D eigenvalue weighted by molar-refractivity contribution is 5.86. The van der Waals surface area contributed by atoms with Gasteiger partial charge >= 0.3 is 6.18 Å². The maximum absolute atomic E-state index is 13.3. The van der Waals surface area contributed by atoms with Crippen molar-refractivity contribution in [3.8, 4) is 22.8 Å². The van der Waals surface area contributed by atoms with Gasteiger partial charge in [-0.2, -0.15) is 13.2 Å². The minimum Gasteiger partial charge on any atom is -0.493 e. The first-order valence-electron chi connectivity index (χ1n) is 11.1. The molecule has 1 aliphatic rings. The van der Waals surface area contributed by atoms with Crippen LogP contribution in [0.2, 0.25) is 0 Å². The molecule has 2 aromatic heterocycles. The molecule has 4 rings (SSSR count). The zero-order valence-corrected chi connectivity index (χ0v) is 20.2. The van der Waals surface area contributed by atoms with Crippen molar-refractivity contribution in [3.63, 3.8) is 0 Å². The van der Waals surface area contributed by atoms with E-state index >= 15 is 0 Å². The van der Waals surface area contributed by atoms with E-state index in [9.17, 15) is 18.0 Å². The Kier molecular flexibility index (Phi) is 6.77. The van der Waals surface area contributed by atoms with Crippen molar-refractivity contribution in [3.05, 3.63) is 60.2 Å². The number of alkyl halides is 3. The van der Waals surface area contributed by atoms with E-state index in [1.54, 1.807) is 44.8 Å². The molecule has 1 amide bonds. The lowest BCUT2D eigenvalue weighted by Crippen LogP contribution is -2.50. The summed E-state index contributed by atoms with van der Waals surface area (Å²) in [6, 6.07) is 8.09. The summed E-state index contributed by atoms with van der Waals surface area (Å²) in [7, 11) is 3.13. The number of hydrogen-bond acceptors (Lipinski definition) is 7. The van der Waals surface area contributed by atoms with Crippen LogP contribution in [0.25, 0.3) is 22.2 Å². The van der Waals surface area contributed by atoms with Gasteiger partial charge in [0.25, 0.3) is 0 Å². The van der Waals surface area contributed by atoms with E-state index in [-0.39, 0.29) is 18.1 Å². The second-order valence-corrected chi connectivity index (χ2v) is 8.95. The minimum atomic E-state index is -4.41. The van der Waals surface area contributed by atoms with Gasteiger partial charge in [-0.25, -0.2) is 5.43 Å². The maximum atomic E-state index is 13.3. The van der Waals surface area contributed by atoms with Crippen molar-refractivity contribution in [2.45, 2.75) is 32.5 Å². The molecule has 3 N–H and O–H groups in total. The monoisotopic (exact) mass is 501 g/mol. The first-order valence-corrected chi connectivity index (χ1v) is 11.1. The molecule has 8 nitrogen and oxygen atoms in total. The van der Waals surface area contributed by atoms with E-state index in [1.165, 1.54) is 6.08 Å². The molecule has 0 spiro atoms. The van der Waals surface area contributed by atoms with Crippen molar-refractivity contribution < 1.29 is 27.4 Å². The van der Waals surface area contributed by atoms with Gasteiger partial charge in [0.2, 0.25) is 5.91 Å². The van der Waals surface area contributed by atoms with E-state index in [4.69, 9.17) is 9.47 Å². The summed E-state index contributed by atoms with van der Waals surface area (Å²) >= 11 is 0. The molecule has 0 saturated heterocycles. The molecule has 1 atom stereocenters. The maximum Gasteiger partial charge on any atom is 0.395 e. The summed E-state index contributed by atoms with van der Waals surface area (Å²) < 4.78 is 50.4. The first-order chi connectivity index (χ1) is 17.0. The lowest BCUT2D eigenvalue weighted by molar-refractivity contribution is -0.216. The molecule has 1 aromatic carbocycles. The van der Waals surface area contributed by atoms with E-state index in [0.29, 0.717) is 22.8 Å². The molecule has 0 radical (unpaired) electrons. The number of nitrogens with one attached hydrogen (secondary N) is 3. The summed E-state index contributed by atoms with van der Waals surface area (Å²) in [5.41, 5.74) is 6.01. The van der Waals surface area contributed by atoms with Crippen LogP contribution in [-0.4, -0.2) is 42.3 Å². The van der Waals surface area contributed by atoms with Gasteiger partial charge in [-0.05, 0) is 43.7 Å². The van der Waals surface area contributed by atoms with Crippen LogP contribution in [0.15, 0.2) is 54.6 Å². The van der Waals surface area contributed by atoms with Crippen LogP contribution >= 0.6 is 0 Å². The van der Waals surface area contributed by atoms with E-state index < -0.39 is 17.6 Å². The zero-order chi connectivity index (χ0) is 26.1. The first kappa shape index (κ1) is 25.2. The fourth-order valence-corrected chi connectivity index (χ4v) is 3.72. The van der Waals surface area contributed by atoms with Gasteiger partial charge in [-0.15, -0.1) is 0 Å². The second kappa shape index (κ2) is 9.65. The summed E-state index contributed by atoms with van der Waals surface area (Å²) in [4.78, 5) is 21.4. The molecule has 190 valence electrons. The summed E-state index contributed by atoms with van der Waals surface area (Å²) in [5.74, 6) is 0.976. The molecule has 3 aromatic rings. The third kappa shape index (κ3) is 5.06. The van der Waals surface area contributed by atoms with E-state index in [2.05, 4.69) is 26.1 Å². The largest absolute Gasteiger partial charge is 0.493 e. The quantitative estimate of drug-likeness (QED) is 0.452. The number of carbonyl (C=O) groups excluding carboxylic acids is 1. The van der Waals surface area contributed by atoms with E-state index in [0.717, 1.165) is 30.3 Å². The zero-order valence-electron chi connectivity index (χ0n) is 20.2. The van der Waals surface area contributed by atoms with Crippen LogP contribution in [0.4, 0.5) is 13.2 Å². The Morgan fingerprint density at radius 3 is 2.42 bits per heavy atom. The highest BCUT2D eigenvalue weighted by Crippen LogP contribution is 2.41. The number of halogens is 3. The van der Waals surface area contributed by atoms with Gasteiger partial charge < -0.3 is 20.2 Å². The number of fused-ring (bicyclic) bond motifs is 1. The van der Waals surface area contributed by atoms with Crippen LogP contribution < -0.4 is 25.6 Å². The number of nitrogens with zero attached hydrogens (tertiary/aromatic N) is 2. The van der Waals surface area contributed by atoms with Gasteiger partial charge in [0.1, 0.15) is 5.82 Å². The molecular weight excluding hydrogens is 475 g/mol. The number of carbonyl (C=O) groups is 1.